The maximum atomic E-state index is 11.6. The third kappa shape index (κ3) is 4.80. The lowest BCUT2D eigenvalue weighted by Gasteiger charge is -2.09. The zero-order valence-electron chi connectivity index (χ0n) is 9.98. The molecule has 0 saturated carbocycles. The van der Waals surface area contributed by atoms with Crippen LogP contribution in [0.2, 0.25) is 0 Å². The van der Waals surface area contributed by atoms with E-state index >= 15 is 0 Å². The lowest BCUT2D eigenvalue weighted by atomic mass is 10.1. The predicted molar refractivity (Wildman–Crippen MR) is 69.5 cm³/mol. The molecular weight excluding hydrogens is 232 g/mol. The van der Waals surface area contributed by atoms with Gasteiger partial charge in [-0.15, -0.1) is 6.58 Å². The van der Waals surface area contributed by atoms with E-state index < -0.39 is 5.97 Å². The van der Waals surface area contributed by atoms with Crippen LogP contribution in [0.15, 0.2) is 36.9 Å². The molecule has 0 aliphatic rings. The fourth-order valence-corrected chi connectivity index (χ4v) is 1.44. The van der Waals surface area contributed by atoms with Crippen molar-refractivity contribution in [3.63, 3.8) is 0 Å². The van der Waals surface area contributed by atoms with Crippen molar-refractivity contribution in [1.82, 2.24) is 5.32 Å². The third-order valence-electron chi connectivity index (χ3n) is 2.21. The summed E-state index contributed by atoms with van der Waals surface area (Å²) in [6.07, 6.45) is 1.54. The van der Waals surface area contributed by atoms with Crippen LogP contribution in [-0.4, -0.2) is 30.1 Å². The number of carbonyl (C=O) groups excluding carboxylic acids is 1. The Labute approximate surface area is 106 Å². The maximum Gasteiger partial charge on any atom is 0.307 e. The summed E-state index contributed by atoms with van der Waals surface area (Å²) in [6, 6.07) is 6.85. The molecule has 5 heteroatoms. The Morgan fingerprint density at radius 3 is 2.72 bits per heavy atom. The zero-order chi connectivity index (χ0) is 13.4. The summed E-state index contributed by atoms with van der Waals surface area (Å²) >= 11 is 0. The second kappa shape index (κ2) is 7.24. The zero-order valence-corrected chi connectivity index (χ0v) is 9.98. The van der Waals surface area contributed by atoms with Gasteiger partial charge in [0.15, 0.2) is 0 Å². The first-order chi connectivity index (χ1) is 8.63. The number of para-hydroxylation sites is 1. The molecule has 0 fully saturated rings. The van der Waals surface area contributed by atoms with E-state index in [1.54, 1.807) is 30.3 Å². The lowest BCUT2D eigenvalue weighted by Crippen LogP contribution is -2.28. The van der Waals surface area contributed by atoms with Crippen LogP contribution in [0.5, 0.6) is 0 Å². The van der Waals surface area contributed by atoms with E-state index in [9.17, 15) is 9.59 Å². The summed E-state index contributed by atoms with van der Waals surface area (Å²) in [5.41, 5.74) is 1.12. The molecule has 0 bridgehead atoms. The average Bonchev–Trinajstić information content (AvgIpc) is 2.31. The Morgan fingerprint density at radius 2 is 2.06 bits per heavy atom. The van der Waals surface area contributed by atoms with Gasteiger partial charge < -0.3 is 15.7 Å². The number of carboxylic acid groups (broad SMARTS) is 1. The molecule has 0 atom stereocenters. The third-order valence-corrected chi connectivity index (χ3v) is 2.21. The number of benzene rings is 1. The van der Waals surface area contributed by atoms with E-state index in [0.717, 1.165) is 0 Å². The van der Waals surface area contributed by atoms with Gasteiger partial charge in [0.05, 0.1) is 13.0 Å². The van der Waals surface area contributed by atoms with E-state index in [-0.39, 0.29) is 18.9 Å². The first-order valence-electron chi connectivity index (χ1n) is 5.54. The molecule has 1 rings (SSSR count). The number of rotatable bonds is 7. The molecule has 18 heavy (non-hydrogen) atoms. The first kappa shape index (κ1) is 13.9. The topological polar surface area (TPSA) is 78.4 Å². The molecule has 0 aromatic heterocycles. The van der Waals surface area contributed by atoms with Crippen molar-refractivity contribution in [3.05, 3.63) is 42.5 Å². The van der Waals surface area contributed by atoms with Crippen LogP contribution in [0, 0.1) is 0 Å². The molecule has 5 nitrogen and oxygen atoms in total. The van der Waals surface area contributed by atoms with Gasteiger partial charge in [-0.05, 0) is 11.6 Å². The molecule has 1 aromatic rings. The van der Waals surface area contributed by atoms with Crippen molar-refractivity contribution in [2.45, 2.75) is 6.42 Å². The molecule has 0 heterocycles. The summed E-state index contributed by atoms with van der Waals surface area (Å²) in [4.78, 5) is 22.3. The number of nitrogens with one attached hydrogen (secondary N) is 2. The molecule has 96 valence electrons. The van der Waals surface area contributed by atoms with Crippen LogP contribution < -0.4 is 10.6 Å². The second-order valence-electron chi connectivity index (χ2n) is 3.70. The molecule has 1 aromatic carbocycles. The van der Waals surface area contributed by atoms with E-state index in [1.165, 1.54) is 0 Å². The quantitative estimate of drug-likeness (QED) is 0.497. The highest BCUT2D eigenvalue weighted by Gasteiger charge is 2.08. The summed E-state index contributed by atoms with van der Waals surface area (Å²) in [7, 11) is 0. The first-order valence-corrected chi connectivity index (χ1v) is 5.54. The standard InChI is InChI=1S/C13H16N2O3/c1-2-7-14-9-12(16)15-11-6-4-3-5-10(11)8-13(17)18/h2-6,14H,1,7-9H2,(H,15,16)(H,17,18). The Bertz CT molecular complexity index is 444. The van der Waals surface area contributed by atoms with Gasteiger partial charge in [-0.3, -0.25) is 9.59 Å². The largest absolute Gasteiger partial charge is 0.481 e. The molecule has 0 unspecified atom stereocenters. The number of hydrogen-bond acceptors (Lipinski definition) is 3. The number of hydrogen-bond donors (Lipinski definition) is 3. The van der Waals surface area contributed by atoms with Crippen molar-refractivity contribution < 1.29 is 14.7 Å². The van der Waals surface area contributed by atoms with E-state index in [2.05, 4.69) is 17.2 Å². The van der Waals surface area contributed by atoms with Gasteiger partial charge in [-0.25, -0.2) is 0 Å². The van der Waals surface area contributed by atoms with E-state index in [4.69, 9.17) is 5.11 Å². The monoisotopic (exact) mass is 248 g/mol. The van der Waals surface area contributed by atoms with Crippen LogP contribution in [-0.2, 0) is 16.0 Å². The maximum absolute atomic E-state index is 11.6. The Balaban J connectivity index is 2.62. The molecule has 0 saturated heterocycles. The van der Waals surface area contributed by atoms with Crippen LogP contribution in [0.1, 0.15) is 5.56 Å². The molecule has 0 aliphatic carbocycles. The van der Waals surface area contributed by atoms with Crippen LogP contribution in [0.25, 0.3) is 0 Å². The summed E-state index contributed by atoms with van der Waals surface area (Å²) in [6.45, 7) is 4.23. The van der Waals surface area contributed by atoms with E-state index in [1.807, 2.05) is 0 Å². The normalized spacial score (nSPS) is 9.78. The van der Waals surface area contributed by atoms with Crippen molar-refractivity contribution in [2.24, 2.45) is 0 Å². The van der Waals surface area contributed by atoms with Crippen LogP contribution >= 0.6 is 0 Å². The molecule has 0 radical (unpaired) electrons. The average molecular weight is 248 g/mol. The van der Waals surface area contributed by atoms with Crippen LogP contribution in [0.3, 0.4) is 0 Å². The molecule has 0 spiro atoms. The Morgan fingerprint density at radius 1 is 1.33 bits per heavy atom. The van der Waals surface area contributed by atoms with Gasteiger partial charge in [0.1, 0.15) is 0 Å². The SMILES string of the molecule is C=CCNCC(=O)Nc1ccccc1CC(=O)O. The molecule has 0 aliphatic heterocycles. The highest BCUT2D eigenvalue weighted by Crippen LogP contribution is 2.15. The highest BCUT2D eigenvalue weighted by molar-refractivity contribution is 5.93. The highest BCUT2D eigenvalue weighted by atomic mass is 16.4. The minimum Gasteiger partial charge on any atom is -0.481 e. The number of anilines is 1. The van der Waals surface area contributed by atoms with Crippen molar-refractivity contribution >= 4 is 17.6 Å². The van der Waals surface area contributed by atoms with Gasteiger partial charge in [0.2, 0.25) is 5.91 Å². The number of aliphatic carboxylic acids is 1. The molecular formula is C13H16N2O3. The van der Waals surface area contributed by atoms with Gasteiger partial charge in [0.25, 0.3) is 0 Å². The Hall–Kier alpha value is -2.14. The lowest BCUT2D eigenvalue weighted by molar-refractivity contribution is -0.136. The van der Waals surface area contributed by atoms with Gasteiger partial charge in [-0.2, -0.15) is 0 Å². The predicted octanol–water partition coefficient (Wildman–Crippen LogP) is 1.03. The van der Waals surface area contributed by atoms with Crippen LogP contribution in [0.4, 0.5) is 5.69 Å². The second-order valence-corrected chi connectivity index (χ2v) is 3.70. The van der Waals surface area contributed by atoms with Crippen molar-refractivity contribution in [2.75, 3.05) is 18.4 Å². The number of amides is 1. The smallest absolute Gasteiger partial charge is 0.307 e. The van der Waals surface area contributed by atoms with Crippen molar-refractivity contribution in [1.29, 1.82) is 0 Å². The van der Waals surface area contributed by atoms with E-state index in [0.29, 0.717) is 17.8 Å². The summed E-state index contributed by atoms with van der Waals surface area (Å²) in [5, 5.41) is 14.3. The Kier molecular flexibility index (Phi) is 5.60. The fourth-order valence-electron chi connectivity index (χ4n) is 1.44. The summed E-state index contributed by atoms with van der Waals surface area (Å²) < 4.78 is 0. The number of carboxylic acids is 1. The van der Waals surface area contributed by atoms with Gasteiger partial charge >= 0.3 is 5.97 Å². The summed E-state index contributed by atoms with van der Waals surface area (Å²) in [5.74, 6) is -1.14. The minimum absolute atomic E-state index is 0.115. The minimum atomic E-state index is -0.929. The van der Waals surface area contributed by atoms with Gasteiger partial charge in [0, 0.05) is 12.2 Å². The fraction of sp³-hybridized carbons (Fsp3) is 0.231. The number of carbonyl (C=O) groups is 2. The van der Waals surface area contributed by atoms with Crippen molar-refractivity contribution in [3.8, 4) is 0 Å². The van der Waals surface area contributed by atoms with Gasteiger partial charge in [-0.1, -0.05) is 24.3 Å². The molecule has 1 amide bonds. The molecule has 3 N–H and O–H groups in total.